The predicted octanol–water partition coefficient (Wildman–Crippen LogP) is 2.66. The van der Waals surface area contributed by atoms with E-state index in [2.05, 4.69) is 10.3 Å². The van der Waals surface area contributed by atoms with Gasteiger partial charge in [0.25, 0.3) is 5.91 Å². The minimum Gasteiger partial charge on any atom is -0.456 e. The lowest BCUT2D eigenvalue weighted by atomic mass is 10.1. The molecule has 0 aliphatic rings. The maximum atomic E-state index is 13.5. The standard InChI is InChI=1S/C20H14F4N2O6/c21-11-2-4-15(14(8-11)20(29,30)31)32-16-7-10(19(22,23)24)1-3-13(16)18(28)26-12-5-6-25-17(27)9-12/h1-9,29-31H,(H2,25,26,27,28). The summed E-state index contributed by atoms with van der Waals surface area (Å²) < 4.78 is 58.3. The third kappa shape index (κ3) is 5.29. The fourth-order valence-corrected chi connectivity index (χ4v) is 2.66. The van der Waals surface area contributed by atoms with Crippen LogP contribution in [0.3, 0.4) is 0 Å². The third-order valence-electron chi connectivity index (χ3n) is 4.11. The first-order chi connectivity index (χ1) is 14.8. The van der Waals surface area contributed by atoms with Gasteiger partial charge in [-0.05, 0) is 42.5 Å². The van der Waals surface area contributed by atoms with Crippen LogP contribution in [-0.4, -0.2) is 26.2 Å². The highest BCUT2D eigenvalue weighted by atomic mass is 19.4. The monoisotopic (exact) mass is 454 g/mol. The fourth-order valence-electron chi connectivity index (χ4n) is 2.66. The number of H-pyrrole nitrogens is 1. The molecule has 0 aliphatic heterocycles. The van der Waals surface area contributed by atoms with Crippen molar-refractivity contribution < 1.29 is 42.4 Å². The summed E-state index contributed by atoms with van der Waals surface area (Å²) in [6.07, 6.45) is -3.59. The molecule has 3 rings (SSSR count). The van der Waals surface area contributed by atoms with Crippen LogP contribution in [0, 0.1) is 5.82 Å². The van der Waals surface area contributed by atoms with Crippen molar-refractivity contribution >= 4 is 11.6 Å². The van der Waals surface area contributed by atoms with Crippen LogP contribution in [0.5, 0.6) is 11.5 Å². The molecule has 0 unspecified atom stereocenters. The predicted molar refractivity (Wildman–Crippen MR) is 101 cm³/mol. The third-order valence-corrected chi connectivity index (χ3v) is 4.11. The minimum atomic E-state index is -4.82. The summed E-state index contributed by atoms with van der Waals surface area (Å²) in [5.74, 6) is -6.90. The van der Waals surface area contributed by atoms with Gasteiger partial charge in [-0.2, -0.15) is 13.2 Å². The molecule has 3 aromatic rings. The summed E-state index contributed by atoms with van der Waals surface area (Å²) in [5, 5.41) is 30.6. The van der Waals surface area contributed by atoms with Gasteiger partial charge < -0.3 is 30.4 Å². The summed E-state index contributed by atoms with van der Waals surface area (Å²) in [7, 11) is 0. The normalized spacial score (nSPS) is 11.8. The second kappa shape index (κ2) is 8.42. The smallest absolute Gasteiger partial charge is 0.416 e. The highest BCUT2D eigenvalue weighted by Gasteiger charge is 2.33. The number of aromatic nitrogens is 1. The van der Waals surface area contributed by atoms with Crippen molar-refractivity contribution in [3.63, 3.8) is 0 Å². The number of anilines is 1. The van der Waals surface area contributed by atoms with Crippen LogP contribution in [0.25, 0.3) is 0 Å². The van der Waals surface area contributed by atoms with Crippen LogP contribution in [-0.2, 0) is 12.1 Å². The molecule has 0 aliphatic carbocycles. The highest BCUT2D eigenvalue weighted by molar-refractivity contribution is 6.06. The summed E-state index contributed by atoms with van der Waals surface area (Å²) >= 11 is 0. The molecule has 0 saturated carbocycles. The molecule has 0 atom stereocenters. The number of aromatic amines is 1. The van der Waals surface area contributed by atoms with E-state index in [-0.39, 0.29) is 5.69 Å². The van der Waals surface area contributed by atoms with Crippen molar-refractivity contribution in [2.24, 2.45) is 0 Å². The molecular weight excluding hydrogens is 440 g/mol. The van der Waals surface area contributed by atoms with Crippen LogP contribution in [0.4, 0.5) is 23.2 Å². The number of amides is 1. The second-order valence-electron chi connectivity index (χ2n) is 6.48. The minimum absolute atomic E-state index is 0.0344. The molecule has 0 saturated heterocycles. The lowest BCUT2D eigenvalue weighted by Crippen LogP contribution is -2.25. The molecule has 0 spiro atoms. The van der Waals surface area contributed by atoms with E-state index < -0.39 is 57.6 Å². The van der Waals surface area contributed by atoms with Gasteiger partial charge in [-0.25, -0.2) is 4.39 Å². The molecule has 0 bridgehead atoms. The quantitative estimate of drug-likeness (QED) is 0.298. The zero-order chi connectivity index (χ0) is 23.7. The zero-order valence-electron chi connectivity index (χ0n) is 15.8. The zero-order valence-corrected chi connectivity index (χ0v) is 15.8. The van der Waals surface area contributed by atoms with Crippen molar-refractivity contribution in [3.8, 4) is 11.5 Å². The van der Waals surface area contributed by atoms with E-state index in [1.807, 2.05) is 0 Å². The molecule has 1 aromatic heterocycles. The largest absolute Gasteiger partial charge is 0.456 e. The number of rotatable bonds is 5. The van der Waals surface area contributed by atoms with Gasteiger partial charge in [-0.3, -0.25) is 9.59 Å². The maximum absolute atomic E-state index is 13.5. The number of alkyl halides is 3. The molecule has 1 heterocycles. The van der Waals surface area contributed by atoms with Gasteiger partial charge in [-0.1, -0.05) is 0 Å². The van der Waals surface area contributed by atoms with Crippen molar-refractivity contribution in [1.29, 1.82) is 0 Å². The van der Waals surface area contributed by atoms with E-state index >= 15 is 0 Å². The number of ether oxygens (including phenoxy) is 1. The van der Waals surface area contributed by atoms with Gasteiger partial charge in [0.1, 0.15) is 17.3 Å². The molecule has 12 heteroatoms. The van der Waals surface area contributed by atoms with E-state index in [4.69, 9.17) is 4.74 Å². The highest BCUT2D eigenvalue weighted by Crippen LogP contribution is 2.37. The van der Waals surface area contributed by atoms with E-state index in [1.165, 1.54) is 12.3 Å². The van der Waals surface area contributed by atoms with Crippen molar-refractivity contribution in [3.05, 3.63) is 87.6 Å². The number of hydrogen-bond donors (Lipinski definition) is 5. The van der Waals surface area contributed by atoms with Gasteiger partial charge in [0.2, 0.25) is 5.56 Å². The first-order valence-corrected chi connectivity index (χ1v) is 8.71. The summed E-state index contributed by atoms with van der Waals surface area (Å²) in [6, 6.07) is 6.31. The van der Waals surface area contributed by atoms with Crippen LogP contribution < -0.4 is 15.6 Å². The number of aliphatic hydroxyl groups is 3. The molecule has 2 aromatic carbocycles. The SMILES string of the molecule is O=C(Nc1cc[nH]c(=O)c1)c1ccc(C(F)(F)F)cc1Oc1ccc(F)cc1C(O)(O)O. The Balaban J connectivity index is 2.07. The van der Waals surface area contributed by atoms with Crippen molar-refractivity contribution in [1.82, 2.24) is 4.98 Å². The first kappa shape index (κ1) is 22.9. The average molecular weight is 454 g/mol. The van der Waals surface area contributed by atoms with Crippen LogP contribution in [0.15, 0.2) is 59.5 Å². The average Bonchev–Trinajstić information content (AvgIpc) is 2.67. The van der Waals surface area contributed by atoms with Gasteiger partial charge >= 0.3 is 12.1 Å². The van der Waals surface area contributed by atoms with Crippen LogP contribution >= 0.6 is 0 Å². The fraction of sp³-hybridized carbons (Fsp3) is 0.100. The van der Waals surface area contributed by atoms with Crippen LogP contribution in [0.1, 0.15) is 21.5 Å². The van der Waals surface area contributed by atoms with Crippen molar-refractivity contribution in [2.45, 2.75) is 12.1 Å². The van der Waals surface area contributed by atoms with E-state index in [9.17, 15) is 42.5 Å². The number of benzene rings is 2. The number of carbonyl (C=O) groups excluding carboxylic acids is 1. The lowest BCUT2D eigenvalue weighted by Gasteiger charge is -2.20. The van der Waals surface area contributed by atoms with Gasteiger partial charge in [0.15, 0.2) is 0 Å². The Morgan fingerprint density at radius 2 is 1.69 bits per heavy atom. The Morgan fingerprint density at radius 1 is 0.969 bits per heavy atom. The molecule has 1 amide bonds. The summed E-state index contributed by atoms with van der Waals surface area (Å²) in [5.41, 5.74) is -3.07. The topological polar surface area (TPSA) is 132 Å². The summed E-state index contributed by atoms with van der Waals surface area (Å²) in [4.78, 5) is 26.3. The molecule has 0 fully saturated rings. The Bertz CT molecular complexity index is 1220. The molecule has 8 nitrogen and oxygen atoms in total. The van der Waals surface area contributed by atoms with Crippen LogP contribution in [0.2, 0.25) is 0 Å². The molecule has 168 valence electrons. The van der Waals surface area contributed by atoms with Gasteiger partial charge in [0.05, 0.1) is 16.7 Å². The van der Waals surface area contributed by atoms with Gasteiger partial charge in [0, 0.05) is 18.0 Å². The first-order valence-electron chi connectivity index (χ1n) is 8.71. The Hall–Kier alpha value is -3.74. The number of nitrogens with one attached hydrogen (secondary N) is 2. The Kier molecular flexibility index (Phi) is 6.03. The van der Waals surface area contributed by atoms with E-state index in [1.54, 1.807) is 0 Å². The molecule has 32 heavy (non-hydrogen) atoms. The Labute approximate surface area is 176 Å². The van der Waals surface area contributed by atoms with E-state index in [0.29, 0.717) is 18.2 Å². The number of hydrogen-bond acceptors (Lipinski definition) is 6. The van der Waals surface area contributed by atoms with E-state index in [0.717, 1.165) is 24.3 Å². The Morgan fingerprint density at radius 3 is 2.31 bits per heavy atom. The molecule has 0 radical (unpaired) electrons. The van der Waals surface area contributed by atoms with Gasteiger partial charge in [-0.15, -0.1) is 0 Å². The second-order valence-corrected chi connectivity index (χ2v) is 6.48. The number of halogens is 4. The summed E-state index contributed by atoms with van der Waals surface area (Å²) in [6.45, 7) is 0. The lowest BCUT2D eigenvalue weighted by molar-refractivity contribution is -0.324. The molecule has 5 N–H and O–H groups in total. The number of carbonyl (C=O) groups is 1. The molecular formula is C20H14F4N2O6. The maximum Gasteiger partial charge on any atom is 0.416 e. The number of pyridine rings is 1. The van der Waals surface area contributed by atoms with Crippen molar-refractivity contribution in [2.75, 3.05) is 5.32 Å².